The third kappa shape index (κ3) is 4.17. The van der Waals surface area contributed by atoms with Crippen LogP contribution in [-0.4, -0.2) is 48.5 Å². The number of amides is 1. The summed E-state index contributed by atoms with van der Waals surface area (Å²) in [7, 11) is 1.93. The smallest absolute Gasteiger partial charge is 0.350 e. The number of esters is 1. The molecule has 166 valence electrons. The Kier molecular flexibility index (Phi) is 6.38. The molecule has 3 heterocycles. The number of anilines is 1. The number of thioether (sulfide) groups is 1. The minimum Gasteiger partial charge on any atom is -0.462 e. The van der Waals surface area contributed by atoms with Gasteiger partial charge in [-0.05, 0) is 26.3 Å². The number of aromatic nitrogens is 5. The molecule has 1 N–H and O–H groups in total. The van der Waals surface area contributed by atoms with E-state index < -0.39 is 11.2 Å². The molecule has 11 heteroatoms. The fourth-order valence-electron chi connectivity index (χ4n) is 3.31. The largest absolute Gasteiger partial charge is 0.462 e. The highest BCUT2D eigenvalue weighted by Crippen LogP contribution is 2.29. The number of nitrogens with zero attached hydrogens (tertiary/aromatic N) is 5. The average Bonchev–Trinajstić information content (AvgIpc) is 3.29. The Morgan fingerprint density at radius 3 is 2.75 bits per heavy atom. The number of thiazole rings is 1. The van der Waals surface area contributed by atoms with Crippen molar-refractivity contribution in [1.29, 1.82) is 0 Å². The SMILES string of the molecule is CCOC(=O)c1sc(NC(=O)C(CC)Sc2nnc3c4ccccc4n(C)c3n2)nc1C. The van der Waals surface area contributed by atoms with Crippen LogP contribution >= 0.6 is 23.1 Å². The Hall–Kier alpha value is -3.05. The highest BCUT2D eigenvalue weighted by molar-refractivity contribution is 8.00. The van der Waals surface area contributed by atoms with Crippen molar-refractivity contribution < 1.29 is 14.3 Å². The fraction of sp³-hybridized carbons (Fsp3) is 0.333. The van der Waals surface area contributed by atoms with E-state index in [2.05, 4.69) is 25.5 Å². The second kappa shape index (κ2) is 9.21. The van der Waals surface area contributed by atoms with E-state index in [0.717, 1.165) is 27.8 Å². The van der Waals surface area contributed by atoms with Crippen molar-refractivity contribution in [2.75, 3.05) is 11.9 Å². The van der Waals surface area contributed by atoms with Gasteiger partial charge < -0.3 is 14.6 Å². The zero-order chi connectivity index (χ0) is 22.8. The first-order valence-electron chi connectivity index (χ1n) is 10.1. The summed E-state index contributed by atoms with van der Waals surface area (Å²) in [5.41, 5.74) is 2.99. The number of para-hydroxylation sites is 1. The van der Waals surface area contributed by atoms with Crippen LogP contribution in [0.3, 0.4) is 0 Å². The lowest BCUT2D eigenvalue weighted by Gasteiger charge is -2.12. The average molecular weight is 471 g/mol. The second-order valence-electron chi connectivity index (χ2n) is 7.00. The maximum atomic E-state index is 12.9. The molecule has 0 fully saturated rings. The minimum absolute atomic E-state index is 0.234. The van der Waals surface area contributed by atoms with Gasteiger partial charge in [-0.15, -0.1) is 10.2 Å². The van der Waals surface area contributed by atoms with Crippen molar-refractivity contribution >= 4 is 62.2 Å². The summed E-state index contributed by atoms with van der Waals surface area (Å²) in [5, 5.41) is 12.7. The summed E-state index contributed by atoms with van der Waals surface area (Å²) in [6.45, 7) is 5.65. The fourth-order valence-corrected chi connectivity index (χ4v) is 4.99. The molecular weight excluding hydrogens is 448 g/mol. The molecule has 1 unspecified atom stereocenters. The molecule has 0 aliphatic rings. The maximum absolute atomic E-state index is 12.9. The quantitative estimate of drug-likeness (QED) is 0.319. The van der Waals surface area contributed by atoms with E-state index >= 15 is 0 Å². The van der Waals surface area contributed by atoms with Gasteiger partial charge in [-0.3, -0.25) is 4.79 Å². The molecular formula is C21H22N6O3S2. The molecule has 0 aliphatic carbocycles. The highest BCUT2D eigenvalue weighted by Gasteiger charge is 2.24. The van der Waals surface area contributed by atoms with E-state index in [0.29, 0.717) is 32.9 Å². The van der Waals surface area contributed by atoms with Gasteiger partial charge >= 0.3 is 5.97 Å². The monoisotopic (exact) mass is 470 g/mol. The number of carbonyl (C=O) groups excluding carboxylic acids is 2. The Bertz CT molecular complexity index is 1320. The van der Waals surface area contributed by atoms with E-state index in [9.17, 15) is 9.59 Å². The zero-order valence-corrected chi connectivity index (χ0v) is 19.7. The maximum Gasteiger partial charge on any atom is 0.350 e. The van der Waals surface area contributed by atoms with Gasteiger partial charge in [-0.2, -0.15) is 0 Å². The molecule has 3 aromatic heterocycles. The first-order chi connectivity index (χ1) is 15.4. The van der Waals surface area contributed by atoms with Crippen LogP contribution in [-0.2, 0) is 16.6 Å². The molecule has 0 radical (unpaired) electrons. The van der Waals surface area contributed by atoms with E-state index in [1.54, 1.807) is 13.8 Å². The number of fused-ring (bicyclic) bond motifs is 3. The molecule has 4 rings (SSSR count). The number of ether oxygens (including phenoxy) is 1. The lowest BCUT2D eigenvalue weighted by molar-refractivity contribution is -0.115. The van der Waals surface area contributed by atoms with E-state index in [-0.39, 0.29) is 12.5 Å². The summed E-state index contributed by atoms with van der Waals surface area (Å²) in [6.07, 6.45) is 0.558. The molecule has 1 amide bonds. The van der Waals surface area contributed by atoms with Gasteiger partial charge in [-0.25, -0.2) is 14.8 Å². The van der Waals surface area contributed by atoms with Crippen molar-refractivity contribution in [2.24, 2.45) is 7.05 Å². The molecule has 1 atom stereocenters. The number of rotatable bonds is 7. The van der Waals surface area contributed by atoms with Crippen molar-refractivity contribution in [2.45, 2.75) is 37.6 Å². The zero-order valence-electron chi connectivity index (χ0n) is 18.1. The number of hydrogen-bond donors (Lipinski definition) is 1. The van der Waals surface area contributed by atoms with Crippen LogP contribution in [0.1, 0.15) is 35.6 Å². The van der Waals surface area contributed by atoms with Crippen molar-refractivity contribution in [3.8, 4) is 0 Å². The Morgan fingerprint density at radius 2 is 2.00 bits per heavy atom. The van der Waals surface area contributed by atoms with E-state index in [1.165, 1.54) is 11.8 Å². The summed E-state index contributed by atoms with van der Waals surface area (Å²) < 4.78 is 7.00. The van der Waals surface area contributed by atoms with Gasteiger partial charge in [0.15, 0.2) is 10.8 Å². The summed E-state index contributed by atoms with van der Waals surface area (Å²) in [4.78, 5) is 34.2. The molecule has 0 spiro atoms. The topological polar surface area (TPSA) is 112 Å². The van der Waals surface area contributed by atoms with Crippen LogP contribution in [0.5, 0.6) is 0 Å². The van der Waals surface area contributed by atoms with Crippen molar-refractivity contribution in [3.63, 3.8) is 0 Å². The summed E-state index contributed by atoms with van der Waals surface area (Å²) in [6, 6.07) is 7.92. The third-order valence-electron chi connectivity index (χ3n) is 4.89. The summed E-state index contributed by atoms with van der Waals surface area (Å²) >= 11 is 2.35. The van der Waals surface area contributed by atoms with Gasteiger partial charge in [0.25, 0.3) is 0 Å². The lowest BCUT2D eigenvalue weighted by Crippen LogP contribution is -2.24. The normalized spacial score (nSPS) is 12.2. The Balaban J connectivity index is 1.53. The Morgan fingerprint density at radius 1 is 1.22 bits per heavy atom. The van der Waals surface area contributed by atoms with Gasteiger partial charge in [0.05, 0.1) is 23.1 Å². The van der Waals surface area contributed by atoms with Crippen LogP contribution in [0.25, 0.3) is 22.1 Å². The van der Waals surface area contributed by atoms with Crippen LogP contribution in [0.4, 0.5) is 5.13 Å². The molecule has 0 saturated carbocycles. The molecule has 32 heavy (non-hydrogen) atoms. The van der Waals surface area contributed by atoms with E-state index in [1.807, 2.05) is 42.8 Å². The van der Waals surface area contributed by atoms with Crippen LogP contribution < -0.4 is 5.32 Å². The van der Waals surface area contributed by atoms with Crippen LogP contribution in [0.15, 0.2) is 29.4 Å². The molecule has 0 saturated heterocycles. The van der Waals surface area contributed by atoms with Gasteiger partial charge in [0, 0.05) is 12.4 Å². The molecule has 0 bridgehead atoms. The standard InChI is InChI=1S/C21H22N6O3S2/c1-5-14(18(28)24-20-22-11(3)16(32-20)19(29)30-6-2)31-21-23-17-15(25-26-21)12-9-7-8-10-13(12)27(17)4/h7-10,14H,5-6H2,1-4H3,(H,22,24,28). The highest BCUT2D eigenvalue weighted by atomic mass is 32.2. The second-order valence-corrected chi connectivity index (χ2v) is 9.17. The molecule has 1 aromatic carbocycles. The first-order valence-corrected chi connectivity index (χ1v) is 11.8. The predicted molar refractivity (Wildman–Crippen MR) is 125 cm³/mol. The van der Waals surface area contributed by atoms with Crippen molar-refractivity contribution in [1.82, 2.24) is 24.7 Å². The lowest BCUT2D eigenvalue weighted by atomic mass is 10.2. The third-order valence-corrected chi connectivity index (χ3v) is 7.15. The van der Waals surface area contributed by atoms with Gasteiger partial charge in [-0.1, -0.05) is 48.2 Å². The predicted octanol–water partition coefficient (Wildman–Crippen LogP) is 3.97. The minimum atomic E-state index is -0.445. The van der Waals surface area contributed by atoms with E-state index in [4.69, 9.17) is 4.74 Å². The van der Waals surface area contributed by atoms with Crippen LogP contribution in [0, 0.1) is 6.92 Å². The summed E-state index contributed by atoms with van der Waals surface area (Å²) in [5.74, 6) is -0.672. The first kappa shape index (κ1) is 22.2. The number of aryl methyl sites for hydroxylation is 2. The van der Waals surface area contributed by atoms with Crippen LogP contribution in [0.2, 0.25) is 0 Å². The number of carbonyl (C=O) groups is 2. The molecule has 0 aliphatic heterocycles. The molecule has 4 aromatic rings. The number of hydrogen-bond acceptors (Lipinski definition) is 9. The Labute approximate surface area is 192 Å². The number of nitrogens with one attached hydrogen (secondary N) is 1. The number of benzene rings is 1. The van der Waals surface area contributed by atoms with Gasteiger partial charge in [0.2, 0.25) is 11.1 Å². The molecule has 9 nitrogen and oxygen atoms in total. The van der Waals surface area contributed by atoms with Crippen molar-refractivity contribution in [3.05, 3.63) is 34.8 Å². The van der Waals surface area contributed by atoms with Gasteiger partial charge in [0.1, 0.15) is 10.4 Å².